The molecule has 3 rings (SSSR count). The first-order valence-electron chi connectivity index (χ1n) is 9.87. The molecule has 156 valence electrons. The molecule has 9 nitrogen and oxygen atoms in total. The number of ether oxygens (including phenoxy) is 1. The average molecular weight is 400 g/mol. The summed E-state index contributed by atoms with van der Waals surface area (Å²) < 4.78 is 7.19. The monoisotopic (exact) mass is 400 g/mol. The molecule has 4 N–H and O–H groups in total. The van der Waals surface area contributed by atoms with Crippen LogP contribution in [0.5, 0.6) is 5.75 Å². The van der Waals surface area contributed by atoms with Crippen LogP contribution in [-0.2, 0) is 4.79 Å². The van der Waals surface area contributed by atoms with E-state index in [-0.39, 0.29) is 11.9 Å². The number of rotatable bonds is 7. The third kappa shape index (κ3) is 5.71. The Morgan fingerprint density at radius 3 is 2.76 bits per heavy atom. The summed E-state index contributed by atoms with van der Waals surface area (Å²) in [6.45, 7) is 6.54. The molecule has 1 aromatic carbocycles. The van der Waals surface area contributed by atoms with Crippen molar-refractivity contribution >= 4 is 23.4 Å². The topological polar surface area (TPSA) is 109 Å². The van der Waals surface area contributed by atoms with Gasteiger partial charge in [0.2, 0.25) is 5.91 Å². The quantitative estimate of drug-likeness (QED) is 0.534. The number of amides is 3. The van der Waals surface area contributed by atoms with E-state index in [0.29, 0.717) is 24.5 Å². The number of carbonyl (C=O) groups is 2. The largest absolute Gasteiger partial charge is 0.494 e. The lowest BCUT2D eigenvalue weighted by molar-refractivity contribution is -0.125. The van der Waals surface area contributed by atoms with Gasteiger partial charge in [-0.05, 0) is 44.5 Å². The number of nitrogens with zero attached hydrogens (tertiary/aromatic N) is 2. The van der Waals surface area contributed by atoms with Crippen LogP contribution in [0.15, 0.2) is 30.3 Å². The molecule has 1 aromatic heterocycles. The highest BCUT2D eigenvalue weighted by atomic mass is 16.5. The van der Waals surface area contributed by atoms with E-state index in [0.717, 1.165) is 24.3 Å². The molecular formula is C20H28N6O3. The highest BCUT2D eigenvalue weighted by molar-refractivity contribution is 5.99. The fourth-order valence-corrected chi connectivity index (χ4v) is 3.05. The normalized spacial score (nSPS) is 18.8. The van der Waals surface area contributed by atoms with Crippen molar-refractivity contribution in [1.82, 2.24) is 20.4 Å². The minimum absolute atomic E-state index is 0.0120. The molecule has 0 saturated carbocycles. The first-order valence-corrected chi connectivity index (χ1v) is 9.87. The van der Waals surface area contributed by atoms with Gasteiger partial charge in [0.25, 0.3) is 0 Å². The number of carbonyl (C=O) groups excluding carboxylic acids is 2. The Hall–Kier alpha value is -3.07. The molecule has 9 heteroatoms. The molecule has 1 saturated heterocycles. The van der Waals surface area contributed by atoms with Gasteiger partial charge in [0, 0.05) is 24.2 Å². The number of nitrogens with one attached hydrogen (secondary N) is 4. The molecule has 1 aliphatic rings. The number of aromatic nitrogens is 2. The standard InChI is InChI=1S/C20H28N6O3/c1-4-5-10-29-16-8-6-15(7-9-16)22-20(28)23-17-11-14(3)25-26(17)19-21-13(2)12-18(27)24-19/h6-9,11,13,19,21H,4-5,10,12H2,1-3H3,(H,24,27)(H2,22,23,28). The molecule has 0 spiro atoms. The van der Waals surface area contributed by atoms with E-state index in [4.69, 9.17) is 4.74 Å². The van der Waals surface area contributed by atoms with E-state index < -0.39 is 12.3 Å². The lowest BCUT2D eigenvalue weighted by Gasteiger charge is -2.30. The Kier molecular flexibility index (Phi) is 6.71. The summed E-state index contributed by atoms with van der Waals surface area (Å²) in [5, 5.41) is 16.1. The fraction of sp³-hybridized carbons (Fsp3) is 0.450. The van der Waals surface area contributed by atoms with Crippen molar-refractivity contribution in [3.63, 3.8) is 0 Å². The van der Waals surface area contributed by atoms with Crippen molar-refractivity contribution in [1.29, 1.82) is 0 Å². The molecule has 2 atom stereocenters. The van der Waals surface area contributed by atoms with Crippen molar-refractivity contribution in [2.75, 3.05) is 17.2 Å². The van der Waals surface area contributed by atoms with E-state index in [1.807, 2.05) is 26.0 Å². The predicted molar refractivity (Wildman–Crippen MR) is 111 cm³/mol. The van der Waals surface area contributed by atoms with Gasteiger partial charge in [0.15, 0.2) is 6.29 Å². The van der Waals surface area contributed by atoms with Crippen LogP contribution >= 0.6 is 0 Å². The zero-order valence-corrected chi connectivity index (χ0v) is 17.0. The number of hydrogen-bond donors (Lipinski definition) is 4. The third-order valence-electron chi connectivity index (χ3n) is 4.45. The summed E-state index contributed by atoms with van der Waals surface area (Å²) in [6.07, 6.45) is 1.97. The van der Waals surface area contributed by atoms with E-state index in [9.17, 15) is 9.59 Å². The molecule has 3 amide bonds. The summed E-state index contributed by atoms with van der Waals surface area (Å²) in [6, 6.07) is 8.57. The molecule has 29 heavy (non-hydrogen) atoms. The van der Waals surface area contributed by atoms with Crippen LogP contribution < -0.4 is 26.0 Å². The summed E-state index contributed by atoms with van der Waals surface area (Å²) in [5.41, 5.74) is 1.37. The Balaban J connectivity index is 1.61. The van der Waals surface area contributed by atoms with Crippen LogP contribution in [0.2, 0.25) is 0 Å². The third-order valence-corrected chi connectivity index (χ3v) is 4.45. The van der Waals surface area contributed by atoms with Crippen molar-refractivity contribution in [3.8, 4) is 5.75 Å². The van der Waals surface area contributed by atoms with Gasteiger partial charge < -0.3 is 15.4 Å². The molecular weight excluding hydrogens is 372 g/mol. The van der Waals surface area contributed by atoms with Crippen LogP contribution in [0.4, 0.5) is 16.3 Å². The highest BCUT2D eigenvalue weighted by Gasteiger charge is 2.26. The van der Waals surface area contributed by atoms with E-state index in [1.165, 1.54) is 0 Å². The predicted octanol–water partition coefficient (Wildman–Crippen LogP) is 2.97. The summed E-state index contributed by atoms with van der Waals surface area (Å²) >= 11 is 0. The van der Waals surface area contributed by atoms with Gasteiger partial charge in [0.1, 0.15) is 11.6 Å². The summed E-state index contributed by atoms with van der Waals surface area (Å²) in [5.74, 6) is 1.18. The van der Waals surface area contributed by atoms with Crippen molar-refractivity contribution in [2.24, 2.45) is 0 Å². The maximum absolute atomic E-state index is 12.4. The molecule has 0 radical (unpaired) electrons. The number of unbranched alkanes of at least 4 members (excludes halogenated alkanes) is 1. The summed E-state index contributed by atoms with van der Waals surface area (Å²) in [4.78, 5) is 24.3. The first-order chi connectivity index (χ1) is 13.9. The molecule has 1 fully saturated rings. The lowest BCUT2D eigenvalue weighted by atomic mass is 10.2. The highest BCUT2D eigenvalue weighted by Crippen LogP contribution is 2.19. The van der Waals surface area contributed by atoms with E-state index >= 15 is 0 Å². The molecule has 2 heterocycles. The van der Waals surface area contributed by atoms with Crippen LogP contribution in [0.1, 0.15) is 45.1 Å². The van der Waals surface area contributed by atoms with E-state index in [1.54, 1.807) is 22.9 Å². The number of aryl methyl sites for hydroxylation is 1. The van der Waals surface area contributed by atoms with Gasteiger partial charge in [-0.25, -0.2) is 9.48 Å². The van der Waals surface area contributed by atoms with Crippen molar-refractivity contribution < 1.29 is 14.3 Å². The van der Waals surface area contributed by atoms with Gasteiger partial charge in [-0.15, -0.1) is 0 Å². The molecule has 2 unspecified atom stereocenters. The number of urea groups is 1. The van der Waals surface area contributed by atoms with Crippen molar-refractivity contribution in [2.45, 2.75) is 52.4 Å². The molecule has 1 aliphatic heterocycles. The Labute approximate surface area is 170 Å². The minimum atomic E-state index is -0.519. The minimum Gasteiger partial charge on any atom is -0.494 e. The van der Waals surface area contributed by atoms with Crippen molar-refractivity contribution in [3.05, 3.63) is 36.0 Å². The second-order valence-corrected chi connectivity index (χ2v) is 7.16. The second-order valence-electron chi connectivity index (χ2n) is 7.16. The smallest absolute Gasteiger partial charge is 0.324 e. The van der Waals surface area contributed by atoms with Gasteiger partial charge in [-0.1, -0.05) is 13.3 Å². The maximum atomic E-state index is 12.4. The molecule has 2 aromatic rings. The van der Waals surface area contributed by atoms with Crippen LogP contribution in [0, 0.1) is 6.92 Å². The number of anilines is 2. The van der Waals surface area contributed by atoms with Gasteiger partial charge in [-0.2, -0.15) is 5.10 Å². The lowest BCUT2D eigenvalue weighted by Crippen LogP contribution is -2.52. The Morgan fingerprint density at radius 2 is 2.07 bits per heavy atom. The number of hydrogen-bond acceptors (Lipinski definition) is 5. The Bertz CT molecular complexity index is 848. The van der Waals surface area contributed by atoms with Crippen LogP contribution in [0.25, 0.3) is 0 Å². The van der Waals surface area contributed by atoms with Crippen LogP contribution in [0.3, 0.4) is 0 Å². The zero-order chi connectivity index (χ0) is 20.8. The van der Waals surface area contributed by atoms with Crippen LogP contribution in [-0.4, -0.2) is 34.4 Å². The van der Waals surface area contributed by atoms with Gasteiger partial charge >= 0.3 is 6.03 Å². The van der Waals surface area contributed by atoms with Gasteiger partial charge in [0.05, 0.1) is 12.3 Å². The maximum Gasteiger partial charge on any atom is 0.324 e. The SMILES string of the molecule is CCCCOc1ccc(NC(=O)Nc2cc(C)nn2C2NC(=O)CC(C)N2)cc1. The van der Waals surface area contributed by atoms with Gasteiger partial charge in [-0.3, -0.25) is 15.4 Å². The number of benzene rings is 1. The van der Waals surface area contributed by atoms with E-state index in [2.05, 4.69) is 33.3 Å². The molecule has 0 bridgehead atoms. The Morgan fingerprint density at radius 1 is 1.31 bits per heavy atom. The molecule has 0 aliphatic carbocycles. The first kappa shape index (κ1) is 20.7. The zero-order valence-electron chi connectivity index (χ0n) is 17.0. The fourth-order valence-electron chi connectivity index (χ4n) is 3.05. The average Bonchev–Trinajstić information content (AvgIpc) is 3.02. The second kappa shape index (κ2) is 9.42. The summed E-state index contributed by atoms with van der Waals surface area (Å²) in [7, 11) is 0.